The molecule has 0 amide bonds. The molecule has 11 heavy (non-hydrogen) atoms. The molecule has 0 aliphatic heterocycles. The number of hydrogen-bond acceptors (Lipinski definition) is 2. The smallest absolute Gasteiger partial charge is 0.161 e. The van der Waals surface area contributed by atoms with Crippen molar-refractivity contribution in [2.75, 3.05) is 9.26 Å². The molecule has 1 aromatic rings. The maximum Gasteiger partial charge on any atom is 0.161 e. The van der Waals surface area contributed by atoms with Gasteiger partial charge in [0.25, 0.3) is 0 Å². The molecule has 0 atom stereocenters. The first-order valence-electron chi connectivity index (χ1n) is 2.76. The van der Waals surface area contributed by atoms with Crippen LogP contribution in [0, 0.1) is 11.6 Å². The van der Waals surface area contributed by atoms with Gasteiger partial charge in [0, 0.05) is 12.1 Å². The maximum absolute atomic E-state index is 12.5. The minimum atomic E-state index is -0.932. The second kappa shape index (κ2) is 3.21. The fraction of sp³-hybridized carbons (Fsp3) is 0. The molecule has 60 valence electrons. The normalized spacial score (nSPS) is 9.73. The standard InChI is InChI=1S/C6H5F2IN2/c7-3-1-5(10)6(11-9)2-4(3)8/h1-2,11H,10H2. The molecule has 0 saturated heterocycles. The van der Waals surface area contributed by atoms with E-state index in [4.69, 9.17) is 5.73 Å². The van der Waals surface area contributed by atoms with E-state index >= 15 is 0 Å². The molecule has 0 heterocycles. The van der Waals surface area contributed by atoms with Gasteiger partial charge in [0.15, 0.2) is 11.6 Å². The highest BCUT2D eigenvalue weighted by atomic mass is 127. The van der Waals surface area contributed by atoms with Crippen LogP contribution in [0.15, 0.2) is 12.1 Å². The average Bonchev–Trinajstić information content (AvgIpc) is 1.97. The number of hydrogen-bond donors (Lipinski definition) is 2. The van der Waals surface area contributed by atoms with Crippen LogP contribution in [-0.4, -0.2) is 0 Å². The van der Waals surface area contributed by atoms with Gasteiger partial charge in [-0.1, -0.05) is 0 Å². The molecule has 3 N–H and O–H groups in total. The van der Waals surface area contributed by atoms with Crippen molar-refractivity contribution in [1.82, 2.24) is 0 Å². The van der Waals surface area contributed by atoms with Crippen LogP contribution in [0.2, 0.25) is 0 Å². The van der Waals surface area contributed by atoms with Crippen LogP contribution in [0.5, 0.6) is 0 Å². The van der Waals surface area contributed by atoms with Crippen LogP contribution in [0.25, 0.3) is 0 Å². The first kappa shape index (κ1) is 8.51. The SMILES string of the molecule is Nc1cc(F)c(F)cc1NI. The summed E-state index contributed by atoms with van der Waals surface area (Å²) in [6.07, 6.45) is 0. The Kier molecular flexibility index (Phi) is 2.48. The van der Waals surface area contributed by atoms with Gasteiger partial charge in [-0.05, 0) is 0 Å². The van der Waals surface area contributed by atoms with Crippen LogP contribution in [0.4, 0.5) is 20.2 Å². The molecule has 5 heteroatoms. The van der Waals surface area contributed by atoms with Gasteiger partial charge in [-0.15, -0.1) is 0 Å². The summed E-state index contributed by atoms with van der Waals surface area (Å²) in [5, 5.41) is 0. The largest absolute Gasteiger partial charge is 0.397 e. The third kappa shape index (κ3) is 1.70. The third-order valence-electron chi connectivity index (χ3n) is 1.19. The van der Waals surface area contributed by atoms with Crippen LogP contribution in [-0.2, 0) is 0 Å². The van der Waals surface area contributed by atoms with Crippen molar-refractivity contribution >= 4 is 34.2 Å². The summed E-state index contributed by atoms with van der Waals surface area (Å²) in [6, 6.07) is 1.95. The fourth-order valence-corrected chi connectivity index (χ4v) is 1.11. The molecule has 1 aromatic carbocycles. The van der Waals surface area contributed by atoms with Crippen LogP contribution >= 0.6 is 22.9 Å². The lowest BCUT2D eigenvalue weighted by Gasteiger charge is -2.02. The highest BCUT2D eigenvalue weighted by molar-refractivity contribution is 14.1. The Morgan fingerprint density at radius 3 is 2.36 bits per heavy atom. The molecule has 0 radical (unpaired) electrons. The number of nitrogens with one attached hydrogen (secondary N) is 1. The number of nitrogens with two attached hydrogens (primary N) is 1. The minimum absolute atomic E-state index is 0.193. The molecule has 0 aliphatic carbocycles. The zero-order valence-electron chi connectivity index (χ0n) is 5.37. The summed E-state index contributed by atoms with van der Waals surface area (Å²) in [7, 11) is 0. The minimum Gasteiger partial charge on any atom is -0.397 e. The highest BCUT2D eigenvalue weighted by Crippen LogP contribution is 2.22. The van der Waals surface area contributed by atoms with Crippen LogP contribution in [0.3, 0.4) is 0 Å². The molecule has 0 saturated carbocycles. The number of rotatable bonds is 1. The second-order valence-corrected chi connectivity index (χ2v) is 2.49. The lowest BCUT2D eigenvalue weighted by Crippen LogP contribution is -1.94. The van der Waals surface area contributed by atoms with E-state index in [1.54, 1.807) is 22.9 Å². The number of halogens is 3. The van der Waals surface area contributed by atoms with E-state index < -0.39 is 11.6 Å². The molecule has 0 aliphatic rings. The van der Waals surface area contributed by atoms with E-state index in [-0.39, 0.29) is 5.69 Å². The second-order valence-electron chi connectivity index (χ2n) is 1.95. The third-order valence-corrected chi connectivity index (χ3v) is 1.78. The van der Waals surface area contributed by atoms with E-state index in [1.165, 1.54) is 0 Å². The topological polar surface area (TPSA) is 38.0 Å². The van der Waals surface area contributed by atoms with Gasteiger partial charge in [-0.3, -0.25) is 0 Å². The number of benzene rings is 1. The molecule has 0 spiro atoms. The van der Waals surface area contributed by atoms with Crippen molar-refractivity contribution < 1.29 is 8.78 Å². The van der Waals surface area contributed by atoms with Crippen LogP contribution < -0.4 is 9.26 Å². The average molecular weight is 270 g/mol. The molecule has 0 bridgehead atoms. The molecule has 0 unspecified atom stereocenters. The van der Waals surface area contributed by atoms with Gasteiger partial charge in [0.1, 0.15) is 0 Å². The van der Waals surface area contributed by atoms with Gasteiger partial charge in [0.2, 0.25) is 0 Å². The Labute approximate surface area is 76.3 Å². The molecule has 0 fully saturated rings. The first-order chi connectivity index (χ1) is 5.15. The van der Waals surface area contributed by atoms with Gasteiger partial charge in [-0.25, -0.2) is 8.78 Å². The molecule has 2 nitrogen and oxygen atoms in total. The molecule has 1 rings (SSSR count). The first-order valence-corrected chi connectivity index (χ1v) is 3.84. The number of anilines is 2. The predicted octanol–water partition coefficient (Wildman–Crippen LogP) is 2.31. The lowest BCUT2D eigenvalue weighted by molar-refractivity contribution is 0.510. The monoisotopic (exact) mass is 270 g/mol. The van der Waals surface area contributed by atoms with Crippen molar-refractivity contribution in [2.45, 2.75) is 0 Å². The quantitative estimate of drug-likeness (QED) is 0.467. The van der Waals surface area contributed by atoms with Crippen molar-refractivity contribution in [3.8, 4) is 0 Å². The Morgan fingerprint density at radius 1 is 1.27 bits per heavy atom. The Bertz CT molecular complexity index is 278. The molecule has 0 aromatic heterocycles. The van der Waals surface area contributed by atoms with E-state index in [1.807, 2.05) is 0 Å². The van der Waals surface area contributed by atoms with Gasteiger partial charge < -0.3 is 9.26 Å². The summed E-state index contributed by atoms with van der Waals surface area (Å²) in [6.45, 7) is 0. The van der Waals surface area contributed by atoms with E-state index in [9.17, 15) is 8.78 Å². The maximum atomic E-state index is 12.5. The summed E-state index contributed by atoms with van der Waals surface area (Å²) in [5.41, 5.74) is 5.90. The number of nitrogen functional groups attached to an aromatic ring is 1. The van der Waals surface area contributed by atoms with Gasteiger partial charge in [-0.2, -0.15) is 0 Å². The highest BCUT2D eigenvalue weighted by Gasteiger charge is 2.05. The molecular weight excluding hydrogens is 265 g/mol. The Morgan fingerprint density at radius 2 is 1.82 bits per heavy atom. The summed E-state index contributed by atoms with van der Waals surface area (Å²) in [4.78, 5) is 0. The Hall–Kier alpha value is -0.590. The van der Waals surface area contributed by atoms with E-state index in [2.05, 4.69) is 3.53 Å². The summed E-state index contributed by atoms with van der Waals surface area (Å²) >= 11 is 1.79. The molecular formula is C6H5F2IN2. The van der Waals surface area contributed by atoms with E-state index in [0.29, 0.717) is 5.69 Å². The zero-order valence-corrected chi connectivity index (χ0v) is 7.52. The zero-order chi connectivity index (χ0) is 8.43. The predicted molar refractivity (Wildman–Crippen MR) is 48.4 cm³/mol. The van der Waals surface area contributed by atoms with Crippen molar-refractivity contribution in [2.24, 2.45) is 0 Å². The van der Waals surface area contributed by atoms with Gasteiger partial charge in [0.05, 0.1) is 34.2 Å². The van der Waals surface area contributed by atoms with E-state index in [0.717, 1.165) is 12.1 Å². The lowest BCUT2D eigenvalue weighted by atomic mass is 10.2. The van der Waals surface area contributed by atoms with Crippen molar-refractivity contribution in [3.05, 3.63) is 23.8 Å². The van der Waals surface area contributed by atoms with Crippen molar-refractivity contribution in [1.29, 1.82) is 0 Å². The fourth-order valence-electron chi connectivity index (χ4n) is 0.644. The van der Waals surface area contributed by atoms with Crippen LogP contribution in [0.1, 0.15) is 0 Å². The Balaban J connectivity index is 3.21. The summed E-state index contributed by atoms with van der Waals surface area (Å²) < 4.78 is 27.5. The summed E-state index contributed by atoms with van der Waals surface area (Å²) in [5.74, 6) is -1.84. The van der Waals surface area contributed by atoms with Crippen molar-refractivity contribution in [3.63, 3.8) is 0 Å². The van der Waals surface area contributed by atoms with Gasteiger partial charge >= 0.3 is 0 Å².